The molecule has 2 fully saturated rings. The van der Waals surface area contributed by atoms with Crippen molar-refractivity contribution in [1.82, 2.24) is 15.1 Å². The van der Waals surface area contributed by atoms with Crippen LogP contribution >= 0.6 is 23.4 Å². The highest BCUT2D eigenvalue weighted by atomic mass is 35.5. The number of carbonyl (C=O) groups excluding carboxylic acids is 2. The predicted octanol–water partition coefficient (Wildman–Crippen LogP) is 1.85. The van der Waals surface area contributed by atoms with Crippen LogP contribution in [0.1, 0.15) is 12.8 Å². The molecular weight excluding hydrogens is 346 g/mol. The summed E-state index contributed by atoms with van der Waals surface area (Å²) in [6, 6.07) is 7.72. The van der Waals surface area contributed by atoms with Gasteiger partial charge in [-0.3, -0.25) is 9.59 Å². The third-order valence-corrected chi connectivity index (χ3v) is 6.00. The smallest absolute Gasteiger partial charge is 0.236 e. The van der Waals surface area contributed by atoms with Crippen molar-refractivity contribution in [2.24, 2.45) is 0 Å². The Balaban J connectivity index is 1.55. The maximum absolute atomic E-state index is 12.5. The summed E-state index contributed by atoms with van der Waals surface area (Å²) in [5, 5.41) is 3.77. The third kappa shape index (κ3) is 4.23. The molecule has 0 aromatic heterocycles. The molecule has 0 radical (unpaired) electrons. The van der Waals surface area contributed by atoms with Gasteiger partial charge in [0.05, 0.1) is 17.3 Å². The van der Waals surface area contributed by atoms with E-state index in [1.54, 1.807) is 0 Å². The van der Waals surface area contributed by atoms with Gasteiger partial charge in [0.25, 0.3) is 0 Å². The lowest BCUT2D eigenvalue weighted by Crippen LogP contribution is -2.57. The minimum atomic E-state index is 0.118. The number of rotatable bonds is 4. The summed E-state index contributed by atoms with van der Waals surface area (Å²) in [5.74, 6) is 0.643. The minimum Gasteiger partial charge on any atom is -0.340 e. The van der Waals surface area contributed by atoms with E-state index in [2.05, 4.69) is 5.32 Å². The number of likely N-dealkylation sites (tertiary alicyclic amines) is 1. The second-order valence-corrected chi connectivity index (χ2v) is 7.54. The predicted molar refractivity (Wildman–Crippen MR) is 96.4 cm³/mol. The lowest BCUT2D eigenvalue weighted by Gasteiger charge is -2.41. The van der Waals surface area contributed by atoms with Crippen molar-refractivity contribution in [2.45, 2.75) is 23.8 Å². The summed E-state index contributed by atoms with van der Waals surface area (Å²) in [7, 11) is 0. The summed E-state index contributed by atoms with van der Waals surface area (Å²) in [6.45, 7) is 3.40. The van der Waals surface area contributed by atoms with E-state index in [-0.39, 0.29) is 17.9 Å². The van der Waals surface area contributed by atoms with Crippen molar-refractivity contribution in [1.29, 1.82) is 0 Å². The van der Waals surface area contributed by atoms with Crippen LogP contribution in [0, 0.1) is 0 Å². The van der Waals surface area contributed by atoms with Gasteiger partial charge in [-0.25, -0.2) is 0 Å². The summed E-state index contributed by atoms with van der Waals surface area (Å²) in [4.78, 5) is 29.4. The van der Waals surface area contributed by atoms with Crippen molar-refractivity contribution < 1.29 is 9.59 Å². The highest BCUT2D eigenvalue weighted by Gasteiger charge is 2.31. The van der Waals surface area contributed by atoms with Gasteiger partial charge < -0.3 is 15.1 Å². The molecule has 130 valence electrons. The van der Waals surface area contributed by atoms with Gasteiger partial charge in [0, 0.05) is 37.1 Å². The number of benzene rings is 1. The zero-order valence-corrected chi connectivity index (χ0v) is 15.1. The number of piperidine rings is 1. The van der Waals surface area contributed by atoms with Gasteiger partial charge in [0.2, 0.25) is 11.8 Å². The van der Waals surface area contributed by atoms with Crippen molar-refractivity contribution in [3.05, 3.63) is 29.3 Å². The van der Waals surface area contributed by atoms with Crippen LogP contribution in [0.4, 0.5) is 0 Å². The van der Waals surface area contributed by atoms with Crippen molar-refractivity contribution >= 4 is 35.2 Å². The molecule has 24 heavy (non-hydrogen) atoms. The quantitative estimate of drug-likeness (QED) is 0.825. The molecule has 1 N–H and O–H groups in total. The maximum atomic E-state index is 12.5. The largest absolute Gasteiger partial charge is 0.340 e. The Hall–Kier alpha value is -1.24. The number of thioether (sulfide) groups is 1. The molecule has 1 aromatic rings. The lowest BCUT2D eigenvalue weighted by molar-refractivity contribution is -0.139. The number of hydrogen-bond acceptors (Lipinski definition) is 4. The van der Waals surface area contributed by atoms with E-state index in [1.165, 1.54) is 11.8 Å². The highest BCUT2D eigenvalue weighted by Crippen LogP contribution is 2.27. The second kappa shape index (κ2) is 8.23. The molecule has 1 unspecified atom stereocenters. The minimum absolute atomic E-state index is 0.118. The lowest BCUT2D eigenvalue weighted by atomic mass is 10.0. The number of carbonyl (C=O) groups is 2. The molecule has 0 spiro atoms. The molecule has 7 heteroatoms. The molecule has 1 atom stereocenters. The average molecular weight is 368 g/mol. The Bertz CT molecular complexity index is 613. The summed E-state index contributed by atoms with van der Waals surface area (Å²) in [5.41, 5.74) is 0. The zero-order chi connectivity index (χ0) is 16.9. The van der Waals surface area contributed by atoms with Crippen molar-refractivity contribution in [3.8, 4) is 0 Å². The molecule has 2 heterocycles. The maximum Gasteiger partial charge on any atom is 0.236 e. The molecule has 2 aliphatic heterocycles. The number of nitrogens with one attached hydrogen (secondary N) is 1. The van der Waals surface area contributed by atoms with Crippen LogP contribution in [0.2, 0.25) is 5.02 Å². The van der Waals surface area contributed by atoms with Gasteiger partial charge in [-0.1, -0.05) is 23.7 Å². The fraction of sp³-hybridized carbons (Fsp3) is 0.529. The Morgan fingerprint density at radius 3 is 2.96 bits per heavy atom. The molecule has 0 aliphatic carbocycles. The molecule has 2 aliphatic rings. The molecular formula is C17H22ClN3O2S. The Morgan fingerprint density at radius 2 is 2.17 bits per heavy atom. The molecule has 0 bridgehead atoms. The molecule has 2 saturated heterocycles. The average Bonchev–Trinajstić information content (AvgIpc) is 2.61. The number of halogens is 1. The first-order chi connectivity index (χ1) is 11.6. The van der Waals surface area contributed by atoms with Crippen LogP contribution in [0.25, 0.3) is 0 Å². The monoisotopic (exact) mass is 367 g/mol. The van der Waals surface area contributed by atoms with Crippen LogP contribution in [0.15, 0.2) is 29.2 Å². The van der Waals surface area contributed by atoms with Crippen molar-refractivity contribution in [2.75, 3.05) is 38.5 Å². The van der Waals surface area contributed by atoms with E-state index in [9.17, 15) is 9.59 Å². The fourth-order valence-corrected chi connectivity index (χ4v) is 4.38. The molecule has 5 nitrogen and oxygen atoms in total. The van der Waals surface area contributed by atoms with Gasteiger partial charge in [-0.15, -0.1) is 11.8 Å². The first-order valence-electron chi connectivity index (χ1n) is 8.30. The van der Waals surface area contributed by atoms with E-state index >= 15 is 0 Å². The van der Waals surface area contributed by atoms with Crippen LogP contribution in [-0.4, -0.2) is 66.1 Å². The van der Waals surface area contributed by atoms with E-state index in [0.29, 0.717) is 23.9 Å². The Labute approximate surface area is 151 Å². The molecule has 2 amide bonds. The van der Waals surface area contributed by atoms with E-state index < -0.39 is 0 Å². The van der Waals surface area contributed by atoms with Gasteiger partial charge in [-0.05, 0) is 25.0 Å². The van der Waals surface area contributed by atoms with Crippen molar-refractivity contribution in [3.63, 3.8) is 0 Å². The van der Waals surface area contributed by atoms with Crippen LogP contribution < -0.4 is 5.32 Å². The summed E-state index contributed by atoms with van der Waals surface area (Å²) in [6.07, 6.45) is 1.93. The summed E-state index contributed by atoms with van der Waals surface area (Å²) < 4.78 is 0. The first kappa shape index (κ1) is 17.6. The van der Waals surface area contributed by atoms with Crippen LogP contribution in [-0.2, 0) is 9.59 Å². The van der Waals surface area contributed by atoms with Gasteiger partial charge >= 0.3 is 0 Å². The van der Waals surface area contributed by atoms with Gasteiger partial charge in [-0.2, -0.15) is 0 Å². The van der Waals surface area contributed by atoms with E-state index in [1.807, 2.05) is 34.1 Å². The fourth-order valence-electron chi connectivity index (χ4n) is 3.24. The SMILES string of the molecule is O=C(CSc1ccccc1Cl)N1CCCC(N2CCNCC2=O)C1. The van der Waals surface area contributed by atoms with Gasteiger partial charge in [0.15, 0.2) is 0 Å². The first-order valence-corrected chi connectivity index (χ1v) is 9.67. The zero-order valence-electron chi connectivity index (χ0n) is 13.5. The summed E-state index contributed by atoms with van der Waals surface area (Å²) >= 11 is 7.61. The molecule has 3 rings (SSSR count). The Morgan fingerprint density at radius 1 is 1.33 bits per heavy atom. The molecule has 0 saturated carbocycles. The van der Waals surface area contributed by atoms with Gasteiger partial charge in [0.1, 0.15) is 0 Å². The van der Waals surface area contributed by atoms with Crippen LogP contribution in [0.5, 0.6) is 0 Å². The third-order valence-electron chi connectivity index (χ3n) is 4.50. The Kier molecular flexibility index (Phi) is 6.03. The highest BCUT2D eigenvalue weighted by molar-refractivity contribution is 8.00. The number of nitrogens with zero attached hydrogens (tertiary/aromatic N) is 2. The number of amides is 2. The van der Waals surface area contributed by atoms with Crippen LogP contribution in [0.3, 0.4) is 0 Å². The normalized spacial score (nSPS) is 21.9. The number of piperazine rings is 1. The van der Waals surface area contributed by atoms with E-state index in [0.717, 1.165) is 37.4 Å². The van der Waals surface area contributed by atoms with E-state index in [4.69, 9.17) is 11.6 Å². The second-order valence-electron chi connectivity index (χ2n) is 6.12. The number of hydrogen-bond donors (Lipinski definition) is 1. The standard InChI is InChI=1S/C17H22ClN3O2S/c18-14-5-1-2-6-15(14)24-12-17(23)20-8-3-4-13(11-20)21-9-7-19-10-16(21)22/h1-2,5-6,13,19H,3-4,7-12H2. The molecule has 1 aromatic carbocycles. The topological polar surface area (TPSA) is 52.7 Å².